The van der Waals surface area contributed by atoms with Gasteiger partial charge in [-0.1, -0.05) is 6.07 Å². The van der Waals surface area contributed by atoms with E-state index in [2.05, 4.69) is 10.3 Å². The van der Waals surface area contributed by atoms with E-state index < -0.39 is 23.6 Å². The van der Waals surface area contributed by atoms with Gasteiger partial charge in [0, 0.05) is 18.2 Å². The predicted molar refractivity (Wildman–Crippen MR) is 108 cm³/mol. The Morgan fingerprint density at radius 3 is 2.87 bits per heavy atom. The van der Waals surface area contributed by atoms with Gasteiger partial charge in [-0.2, -0.15) is 0 Å². The number of aromatic nitrogens is 1. The molecule has 2 amide bonds. The van der Waals surface area contributed by atoms with E-state index >= 15 is 0 Å². The summed E-state index contributed by atoms with van der Waals surface area (Å²) in [5.41, 5.74) is 1.81. The minimum atomic E-state index is -0.664. The maximum Gasteiger partial charge on any atom is 0.325 e. The van der Waals surface area contributed by atoms with Gasteiger partial charge in [0.2, 0.25) is 5.89 Å². The second kappa shape index (κ2) is 8.71. The third-order valence-electron chi connectivity index (χ3n) is 5.13. The van der Waals surface area contributed by atoms with Crippen molar-refractivity contribution in [2.45, 2.75) is 25.8 Å². The van der Waals surface area contributed by atoms with Crippen LogP contribution in [0.15, 0.2) is 40.8 Å². The van der Waals surface area contributed by atoms with E-state index in [4.69, 9.17) is 9.15 Å². The van der Waals surface area contributed by atoms with E-state index in [1.54, 1.807) is 30.0 Å². The van der Waals surface area contributed by atoms with Crippen molar-refractivity contribution in [3.05, 3.63) is 53.9 Å². The molecule has 1 N–H and O–H groups in total. The van der Waals surface area contributed by atoms with Gasteiger partial charge in [-0.25, -0.2) is 18.6 Å². The van der Waals surface area contributed by atoms with Crippen LogP contribution in [0.5, 0.6) is 0 Å². The molecule has 0 spiro atoms. The van der Waals surface area contributed by atoms with E-state index in [1.807, 2.05) is 0 Å². The number of fused-ring (bicyclic) bond motifs is 1. The topological polar surface area (TPSA) is 84.7 Å². The Bertz CT molecular complexity index is 1130. The highest BCUT2D eigenvalue weighted by atomic mass is 19.1. The van der Waals surface area contributed by atoms with E-state index in [0.29, 0.717) is 35.5 Å². The van der Waals surface area contributed by atoms with Crippen LogP contribution in [0.3, 0.4) is 0 Å². The van der Waals surface area contributed by atoms with Gasteiger partial charge in [0.15, 0.2) is 5.58 Å². The van der Waals surface area contributed by atoms with Gasteiger partial charge in [0.25, 0.3) is 0 Å². The molecule has 1 aromatic heterocycles. The molecule has 4 rings (SSSR count). The molecule has 1 aliphatic heterocycles. The predicted octanol–water partition coefficient (Wildman–Crippen LogP) is 4.18. The number of amides is 2. The highest BCUT2D eigenvalue weighted by Crippen LogP contribution is 2.34. The lowest BCUT2D eigenvalue weighted by atomic mass is 10.0. The Kier molecular flexibility index (Phi) is 5.83. The SMILES string of the molecule is CCOC(=O)CNC(=O)N1CCCC1c1nc2cc(-c3ccc(F)cc3F)ccc2o1. The monoisotopic (exact) mass is 429 g/mol. The molecule has 1 atom stereocenters. The zero-order valence-corrected chi connectivity index (χ0v) is 16.9. The summed E-state index contributed by atoms with van der Waals surface area (Å²) >= 11 is 0. The average molecular weight is 429 g/mol. The van der Waals surface area contributed by atoms with Gasteiger partial charge in [0.1, 0.15) is 29.7 Å². The molecular weight excluding hydrogens is 408 g/mol. The van der Waals surface area contributed by atoms with Crippen LogP contribution in [0.1, 0.15) is 31.7 Å². The second-order valence-electron chi connectivity index (χ2n) is 7.17. The van der Waals surface area contributed by atoms with Crippen LogP contribution >= 0.6 is 0 Å². The summed E-state index contributed by atoms with van der Waals surface area (Å²) in [6.07, 6.45) is 1.43. The van der Waals surface area contributed by atoms with Gasteiger partial charge >= 0.3 is 12.0 Å². The maximum absolute atomic E-state index is 14.1. The summed E-state index contributed by atoms with van der Waals surface area (Å²) in [5.74, 6) is -1.44. The molecular formula is C22H21F2N3O4. The number of carbonyl (C=O) groups excluding carboxylic acids is 2. The van der Waals surface area contributed by atoms with Crippen molar-refractivity contribution in [1.82, 2.24) is 15.2 Å². The van der Waals surface area contributed by atoms with Gasteiger partial charge < -0.3 is 19.4 Å². The fraction of sp³-hybridized carbons (Fsp3) is 0.318. The third kappa shape index (κ3) is 4.35. The van der Waals surface area contributed by atoms with Crippen LogP contribution in [0.4, 0.5) is 13.6 Å². The molecule has 0 aliphatic carbocycles. The number of benzene rings is 2. The Morgan fingerprint density at radius 1 is 1.26 bits per heavy atom. The number of ether oxygens (including phenoxy) is 1. The summed E-state index contributed by atoms with van der Waals surface area (Å²) in [6.45, 7) is 2.23. The van der Waals surface area contributed by atoms with E-state index in [1.165, 1.54) is 12.1 Å². The Labute approximate surface area is 177 Å². The molecule has 0 saturated carbocycles. The standard InChI is InChI=1S/C22H21F2N3O4/c1-2-30-20(28)12-25-22(29)27-9-3-4-18(27)21-26-17-10-13(5-8-19(17)31-21)15-7-6-14(23)11-16(15)24/h5-8,10-11,18H,2-4,9,12H2,1H3,(H,25,29). The molecule has 1 aliphatic rings. The van der Waals surface area contributed by atoms with E-state index in [-0.39, 0.29) is 24.8 Å². The lowest BCUT2D eigenvalue weighted by molar-refractivity contribution is -0.141. The lowest BCUT2D eigenvalue weighted by Crippen LogP contribution is -2.42. The van der Waals surface area contributed by atoms with Crippen LogP contribution in [0.2, 0.25) is 0 Å². The van der Waals surface area contributed by atoms with Crippen LogP contribution in [0.25, 0.3) is 22.2 Å². The van der Waals surface area contributed by atoms with Crippen LogP contribution < -0.4 is 5.32 Å². The van der Waals surface area contributed by atoms with Crippen molar-refractivity contribution in [2.75, 3.05) is 19.7 Å². The summed E-state index contributed by atoms with van der Waals surface area (Å²) in [5, 5.41) is 2.55. The number of esters is 1. The first-order valence-electron chi connectivity index (χ1n) is 10.0. The molecule has 0 bridgehead atoms. The van der Waals surface area contributed by atoms with Gasteiger partial charge in [0.05, 0.1) is 6.61 Å². The number of hydrogen-bond donors (Lipinski definition) is 1. The Hall–Kier alpha value is -3.49. The zero-order valence-electron chi connectivity index (χ0n) is 16.9. The molecule has 1 saturated heterocycles. The van der Waals surface area contributed by atoms with Gasteiger partial charge in [-0.15, -0.1) is 0 Å². The number of halogens is 2. The first-order chi connectivity index (χ1) is 15.0. The van der Waals surface area contributed by atoms with Gasteiger partial charge in [-0.05, 0) is 49.6 Å². The largest absolute Gasteiger partial charge is 0.465 e. The van der Waals surface area contributed by atoms with E-state index in [0.717, 1.165) is 12.5 Å². The highest BCUT2D eigenvalue weighted by Gasteiger charge is 2.33. The quantitative estimate of drug-likeness (QED) is 0.615. The highest BCUT2D eigenvalue weighted by molar-refractivity contribution is 5.82. The summed E-state index contributed by atoms with van der Waals surface area (Å²) < 4.78 is 38.0. The number of likely N-dealkylation sites (tertiary alicyclic amines) is 1. The molecule has 9 heteroatoms. The number of urea groups is 1. The minimum absolute atomic E-state index is 0.212. The molecule has 2 aromatic carbocycles. The number of nitrogens with one attached hydrogen (secondary N) is 1. The van der Waals surface area contributed by atoms with Crippen molar-refractivity contribution >= 4 is 23.1 Å². The number of carbonyl (C=O) groups is 2. The van der Waals surface area contributed by atoms with Gasteiger partial charge in [-0.3, -0.25) is 4.79 Å². The van der Waals surface area contributed by atoms with Crippen molar-refractivity contribution in [1.29, 1.82) is 0 Å². The molecule has 31 heavy (non-hydrogen) atoms. The fourth-order valence-corrected chi connectivity index (χ4v) is 3.71. The molecule has 162 valence electrons. The first kappa shape index (κ1) is 20.8. The van der Waals surface area contributed by atoms with Crippen LogP contribution in [-0.4, -0.2) is 41.6 Å². The summed E-state index contributed by atoms with van der Waals surface area (Å²) in [4.78, 5) is 30.1. The molecule has 3 aromatic rings. The third-order valence-corrected chi connectivity index (χ3v) is 5.13. The summed E-state index contributed by atoms with van der Waals surface area (Å²) in [7, 11) is 0. The molecule has 1 fully saturated rings. The number of nitrogens with zero attached hydrogens (tertiary/aromatic N) is 2. The molecule has 0 radical (unpaired) electrons. The molecule has 2 heterocycles. The van der Waals surface area contributed by atoms with Crippen LogP contribution in [-0.2, 0) is 9.53 Å². The molecule has 1 unspecified atom stereocenters. The fourth-order valence-electron chi connectivity index (χ4n) is 3.71. The Morgan fingerprint density at radius 2 is 2.10 bits per heavy atom. The maximum atomic E-state index is 14.1. The Balaban J connectivity index is 1.55. The number of rotatable bonds is 5. The van der Waals surface area contributed by atoms with Crippen molar-refractivity contribution in [3.8, 4) is 11.1 Å². The lowest BCUT2D eigenvalue weighted by Gasteiger charge is -2.22. The molecule has 7 nitrogen and oxygen atoms in total. The first-order valence-corrected chi connectivity index (χ1v) is 10.0. The van der Waals surface area contributed by atoms with Crippen LogP contribution in [0, 0.1) is 11.6 Å². The second-order valence-corrected chi connectivity index (χ2v) is 7.17. The van der Waals surface area contributed by atoms with E-state index in [9.17, 15) is 18.4 Å². The normalized spacial score (nSPS) is 16.0. The number of oxazole rings is 1. The average Bonchev–Trinajstić information content (AvgIpc) is 3.38. The minimum Gasteiger partial charge on any atom is -0.465 e. The van der Waals surface area contributed by atoms with Crippen molar-refractivity contribution in [3.63, 3.8) is 0 Å². The number of hydrogen-bond acceptors (Lipinski definition) is 5. The summed E-state index contributed by atoms with van der Waals surface area (Å²) in [6, 6.07) is 7.64. The van der Waals surface area contributed by atoms with Crippen molar-refractivity contribution in [2.24, 2.45) is 0 Å². The smallest absolute Gasteiger partial charge is 0.325 e. The zero-order chi connectivity index (χ0) is 22.0. The van der Waals surface area contributed by atoms with Crippen molar-refractivity contribution < 1.29 is 27.5 Å².